The standard InChI is InChI=1S/C26H26N4O4/c1-3-17-8-6-7-11-21(17)28-22(31)15-27-23(32)16-30-24(33)26(2,29-25(30)34)20-13-12-18-9-4-5-10-19(18)14-20/h4-14H,3,15-16H2,1-2H3,(H,27,32)(H,28,31)(H,29,34). The Labute approximate surface area is 197 Å². The second kappa shape index (κ2) is 9.35. The van der Waals surface area contributed by atoms with Crippen LogP contribution in [-0.4, -0.2) is 41.7 Å². The van der Waals surface area contributed by atoms with Crippen LogP contribution >= 0.6 is 0 Å². The highest BCUT2D eigenvalue weighted by Gasteiger charge is 2.49. The van der Waals surface area contributed by atoms with E-state index in [2.05, 4.69) is 16.0 Å². The van der Waals surface area contributed by atoms with Crippen molar-refractivity contribution >= 4 is 40.2 Å². The zero-order valence-corrected chi connectivity index (χ0v) is 19.1. The number of hydrogen-bond acceptors (Lipinski definition) is 4. The van der Waals surface area contributed by atoms with Gasteiger partial charge < -0.3 is 16.0 Å². The lowest BCUT2D eigenvalue weighted by Gasteiger charge is -2.22. The predicted octanol–water partition coefficient (Wildman–Crippen LogP) is 2.92. The first-order valence-electron chi connectivity index (χ1n) is 11.1. The Hall–Kier alpha value is -4.20. The van der Waals surface area contributed by atoms with Crippen molar-refractivity contribution in [3.8, 4) is 0 Å². The lowest BCUT2D eigenvalue weighted by atomic mass is 9.90. The Morgan fingerprint density at radius 3 is 2.41 bits per heavy atom. The molecule has 34 heavy (non-hydrogen) atoms. The number of anilines is 1. The number of amides is 5. The molecule has 3 N–H and O–H groups in total. The molecule has 1 unspecified atom stereocenters. The third-order valence-corrected chi connectivity index (χ3v) is 6.02. The predicted molar refractivity (Wildman–Crippen MR) is 129 cm³/mol. The molecule has 0 aliphatic carbocycles. The summed E-state index contributed by atoms with van der Waals surface area (Å²) in [5, 5.41) is 9.90. The van der Waals surface area contributed by atoms with Crippen molar-refractivity contribution in [2.45, 2.75) is 25.8 Å². The molecule has 0 bridgehead atoms. The monoisotopic (exact) mass is 458 g/mol. The number of para-hydroxylation sites is 1. The van der Waals surface area contributed by atoms with E-state index in [0.717, 1.165) is 27.7 Å². The molecule has 1 saturated heterocycles. The van der Waals surface area contributed by atoms with Crippen LogP contribution in [0, 0.1) is 0 Å². The van der Waals surface area contributed by atoms with E-state index in [-0.39, 0.29) is 6.54 Å². The van der Waals surface area contributed by atoms with Gasteiger partial charge in [-0.2, -0.15) is 0 Å². The van der Waals surface area contributed by atoms with Crippen molar-refractivity contribution in [1.29, 1.82) is 0 Å². The SMILES string of the molecule is CCc1ccccc1NC(=O)CNC(=O)CN1C(=O)NC(C)(c2ccc3ccccc3c2)C1=O. The van der Waals surface area contributed by atoms with E-state index < -0.39 is 35.8 Å². The summed E-state index contributed by atoms with van der Waals surface area (Å²) in [6.45, 7) is 2.85. The van der Waals surface area contributed by atoms with Crippen molar-refractivity contribution in [3.63, 3.8) is 0 Å². The molecular weight excluding hydrogens is 432 g/mol. The van der Waals surface area contributed by atoms with Crippen LogP contribution in [0.4, 0.5) is 10.5 Å². The summed E-state index contributed by atoms with van der Waals surface area (Å²) in [5.41, 5.74) is 1.00. The Balaban J connectivity index is 1.38. The van der Waals surface area contributed by atoms with Gasteiger partial charge >= 0.3 is 6.03 Å². The van der Waals surface area contributed by atoms with Crippen molar-refractivity contribution in [2.24, 2.45) is 0 Å². The van der Waals surface area contributed by atoms with Crippen molar-refractivity contribution in [2.75, 3.05) is 18.4 Å². The van der Waals surface area contributed by atoms with Gasteiger partial charge in [0.25, 0.3) is 5.91 Å². The second-order valence-electron chi connectivity index (χ2n) is 8.34. The van der Waals surface area contributed by atoms with Gasteiger partial charge in [0.15, 0.2) is 0 Å². The zero-order chi connectivity index (χ0) is 24.3. The van der Waals surface area contributed by atoms with E-state index in [1.165, 1.54) is 0 Å². The number of rotatable bonds is 7. The second-order valence-corrected chi connectivity index (χ2v) is 8.34. The Kier molecular flexibility index (Phi) is 6.32. The molecule has 1 fully saturated rings. The fraction of sp³-hybridized carbons (Fsp3) is 0.231. The topological polar surface area (TPSA) is 108 Å². The van der Waals surface area contributed by atoms with Crippen molar-refractivity contribution in [3.05, 3.63) is 77.9 Å². The number of hydrogen-bond donors (Lipinski definition) is 3. The number of urea groups is 1. The van der Waals surface area contributed by atoms with Gasteiger partial charge in [-0.3, -0.25) is 19.3 Å². The number of nitrogens with one attached hydrogen (secondary N) is 3. The van der Waals surface area contributed by atoms with Crippen molar-refractivity contribution < 1.29 is 19.2 Å². The van der Waals surface area contributed by atoms with E-state index >= 15 is 0 Å². The number of fused-ring (bicyclic) bond motifs is 1. The maximum Gasteiger partial charge on any atom is 0.325 e. The summed E-state index contributed by atoms with van der Waals surface area (Å²) in [7, 11) is 0. The van der Waals surface area contributed by atoms with Gasteiger partial charge in [0.1, 0.15) is 12.1 Å². The van der Waals surface area contributed by atoms with Gasteiger partial charge in [0.2, 0.25) is 11.8 Å². The molecule has 1 heterocycles. The third kappa shape index (κ3) is 4.47. The molecule has 5 amide bonds. The summed E-state index contributed by atoms with van der Waals surface area (Å²) < 4.78 is 0. The smallest absolute Gasteiger partial charge is 0.325 e. The fourth-order valence-corrected chi connectivity index (χ4v) is 4.06. The Morgan fingerprint density at radius 2 is 1.65 bits per heavy atom. The summed E-state index contributed by atoms with van der Waals surface area (Å²) in [5.74, 6) is -1.53. The van der Waals surface area contributed by atoms with Crippen LogP contribution in [0.2, 0.25) is 0 Å². The first-order valence-corrected chi connectivity index (χ1v) is 11.1. The van der Waals surface area contributed by atoms with E-state index in [9.17, 15) is 19.2 Å². The molecule has 8 heteroatoms. The van der Waals surface area contributed by atoms with Crippen molar-refractivity contribution in [1.82, 2.24) is 15.5 Å². The van der Waals surface area contributed by atoms with Crippen LogP contribution in [0.25, 0.3) is 10.8 Å². The number of carbonyl (C=O) groups excluding carboxylic acids is 4. The molecule has 3 aromatic carbocycles. The van der Waals surface area contributed by atoms with Gasteiger partial charge in [-0.15, -0.1) is 0 Å². The first kappa shape index (κ1) is 23.0. The molecule has 3 aromatic rings. The third-order valence-electron chi connectivity index (χ3n) is 6.02. The highest BCUT2D eigenvalue weighted by Crippen LogP contribution is 2.30. The van der Waals surface area contributed by atoms with Crippen LogP contribution in [0.3, 0.4) is 0 Å². The minimum Gasteiger partial charge on any atom is -0.345 e. The molecule has 8 nitrogen and oxygen atoms in total. The van der Waals surface area contributed by atoms with Crippen LogP contribution in [-0.2, 0) is 26.3 Å². The Morgan fingerprint density at radius 1 is 0.941 bits per heavy atom. The van der Waals surface area contributed by atoms with E-state index in [1.807, 2.05) is 61.5 Å². The van der Waals surface area contributed by atoms with Gasteiger partial charge in [-0.1, -0.05) is 61.5 Å². The summed E-state index contributed by atoms with van der Waals surface area (Å²) in [6, 6.07) is 20.0. The summed E-state index contributed by atoms with van der Waals surface area (Å²) in [6.07, 6.45) is 0.755. The summed E-state index contributed by atoms with van der Waals surface area (Å²) in [4.78, 5) is 51.3. The fourth-order valence-electron chi connectivity index (χ4n) is 4.06. The molecule has 0 spiro atoms. The maximum atomic E-state index is 13.1. The first-order chi connectivity index (χ1) is 16.3. The van der Waals surface area contributed by atoms with Crippen LogP contribution in [0.15, 0.2) is 66.7 Å². The normalized spacial score (nSPS) is 17.5. The van der Waals surface area contributed by atoms with Crippen LogP contribution in [0.5, 0.6) is 0 Å². The van der Waals surface area contributed by atoms with E-state index in [1.54, 1.807) is 19.1 Å². The number of carbonyl (C=O) groups is 4. The van der Waals surface area contributed by atoms with Crippen LogP contribution < -0.4 is 16.0 Å². The minimum absolute atomic E-state index is 0.275. The number of imide groups is 1. The number of benzene rings is 3. The molecule has 0 radical (unpaired) electrons. The largest absolute Gasteiger partial charge is 0.345 e. The molecular formula is C26H26N4O4. The average molecular weight is 459 g/mol. The highest BCUT2D eigenvalue weighted by molar-refractivity contribution is 6.09. The Bertz CT molecular complexity index is 1290. The molecule has 0 aromatic heterocycles. The maximum absolute atomic E-state index is 13.1. The molecule has 174 valence electrons. The van der Waals surface area contributed by atoms with E-state index in [0.29, 0.717) is 11.3 Å². The molecule has 1 aliphatic heterocycles. The van der Waals surface area contributed by atoms with Gasteiger partial charge in [0.05, 0.1) is 6.54 Å². The van der Waals surface area contributed by atoms with E-state index in [4.69, 9.17) is 0 Å². The number of aryl methyl sites for hydroxylation is 1. The van der Waals surface area contributed by atoms with Gasteiger partial charge in [-0.05, 0) is 47.4 Å². The minimum atomic E-state index is -1.29. The molecule has 1 atom stereocenters. The lowest BCUT2D eigenvalue weighted by Crippen LogP contribution is -2.44. The zero-order valence-electron chi connectivity index (χ0n) is 19.1. The summed E-state index contributed by atoms with van der Waals surface area (Å²) >= 11 is 0. The lowest BCUT2D eigenvalue weighted by molar-refractivity contribution is -0.135. The van der Waals surface area contributed by atoms with Gasteiger partial charge in [0, 0.05) is 5.69 Å². The number of nitrogens with zero attached hydrogens (tertiary/aromatic N) is 1. The quantitative estimate of drug-likeness (QED) is 0.473. The molecule has 1 aliphatic rings. The average Bonchev–Trinajstić information content (AvgIpc) is 3.06. The van der Waals surface area contributed by atoms with Gasteiger partial charge in [-0.25, -0.2) is 4.79 Å². The highest BCUT2D eigenvalue weighted by atomic mass is 16.2. The molecule has 4 rings (SSSR count). The van der Waals surface area contributed by atoms with Crippen LogP contribution in [0.1, 0.15) is 25.0 Å². The molecule has 0 saturated carbocycles.